The first-order valence-corrected chi connectivity index (χ1v) is 11.8. The molecule has 34 heavy (non-hydrogen) atoms. The van der Waals surface area contributed by atoms with Crippen molar-refractivity contribution in [2.75, 3.05) is 0 Å². The quantitative estimate of drug-likeness (QED) is 0.427. The Balaban J connectivity index is 1.48. The standard InChI is InChI=1S/C27H34N2O5/c1-19(10-13-21-14-17-24(29(21)18-30)26(32)34-27(2,3)4)28-25(31)20-11-15-23(16-12-20)33-22-8-6-5-7-9-22/h5-9,11-12,15-16,18-19,21,24H,10,13-14,17H2,1-4H3,(H,28,31). The Hall–Kier alpha value is -3.35. The number of rotatable bonds is 9. The van der Waals surface area contributed by atoms with E-state index in [-0.39, 0.29) is 24.0 Å². The molecule has 0 spiro atoms. The van der Waals surface area contributed by atoms with E-state index < -0.39 is 11.6 Å². The number of benzene rings is 2. The molecule has 2 amide bonds. The Morgan fingerprint density at radius 2 is 1.71 bits per heavy atom. The van der Waals surface area contributed by atoms with Gasteiger partial charge in [-0.2, -0.15) is 0 Å². The first kappa shape index (κ1) is 25.3. The third kappa shape index (κ3) is 7.07. The molecule has 7 nitrogen and oxygen atoms in total. The monoisotopic (exact) mass is 466 g/mol. The van der Waals surface area contributed by atoms with E-state index in [4.69, 9.17) is 9.47 Å². The summed E-state index contributed by atoms with van der Waals surface area (Å²) in [7, 11) is 0. The van der Waals surface area contributed by atoms with Crippen LogP contribution in [0.25, 0.3) is 0 Å². The van der Waals surface area contributed by atoms with Crippen LogP contribution in [0.1, 0.15) is 63.7 Å². The van der Waals surface area contributed by atoms with Crippen molar-refractivity contribution < 1.29 is 23.9 Å². The largest absolute Gasteiger partial charge is 0.458 e. The molecule has 7 heteroatoms. The van der Waals surface area contributed by atoms with Crippen LogP contribution in [0.5, 0.6) is 11.5 Å². The van der Waals surface area contributed by atoms with Crippen molar-refractivity contribution in [1.29, 1.82) is 0 Å². The van der Waals surface area contributed by atoms with E-state index in [0.717, 1.165) is 18.6 Å². The Bertz CT molecular complexity index is 969. The highest BCUT2D eigenvalue weighted by molar-refractivity contribution is 5.94. The zero-order valence-electron chi connectivity index (χ0n) is 20.3. The van der Waals surface area contributed by atoms with Gasteiger partial charge in [0.1, 0.15) is 23.1 Å². The summed E-state index contributed by atoms with van der Waals surface area (Å²) in [5, 5.41) is 3.01. The van der Waals surface area contributed by atoms with E-state index in [1.807, 2.05) is 58.0 Å². The van der Waals surface area contributed by atoms with Gasteiger partial charge >= 0.3 is 5.97 Å². The summed E-state index contributed by atoms with van der Waals surface area (Å²) in [5.74, 6) is 0.872. The number of ether oxygens (including phenoxy) is 2. The molecule has 1 heterocycles. The van der Waals surface area contributed by atoms with Crippen molar-refractivity contribution in [2.24, 2.45) is 0 Å². The number of nitrogens with one attached hydrogen (secondary N) is 1. The molecule has 1 N–H and O–H groups in total. The molecule has 3 unspecified atom stereocenters. The van der Waals surface area contributed by atoms with Gasteiger partial charge in [-0.15, -0.1) is 0 Å². The lowest BCUT2D eigenvalue weighted by Gasteiger charge is -2.28. The fourth-order valence-electron chi connectivity index (χ4n) is 4.09. The molecular weight excluding hydrogens is 432 g/mol. The van der Waals surface area contributed by atoms with E-state index in [1.54, 1.807) is 29.2 Å². The lowest BCUT2D eigenvalue weighted by atomic mass is 10.0. The molecule has 3 atom stereocenters. The smallest absolute Gasteiger partial charge is 0.329 e. The molecule has 3 rings (SSSR count). The molecule has 1 aliphatic rings. The minimum atomic E-state index is -0.589. The highest BCUT2D eigenvalue weighted by Gasteiger charge is 2.39. The van der Waals surface area contributed by atoms with E-state index >= 15 is 0 Å². The molecule has 0 aromatic heterocycles. The van der Waals surface area contributed by atoms with Gasteiger partial charge in [0, 0.05) is 17.6 Å². The fraction of sp³-hybridized carbons (Fsp3) is 0.444. The van der Waals surface area contributed by atoms with Crippen molar-refractivity contribution in [3.8, 4) is 11.5 Å². The van der Waals surface area contributed by atoms with Gasteiger partial charge in [0.2, 0.25) is 6.41 Å². The zero-order chi connectivity index (χ0) is 24.7. The van der Waals surface area contributed by atoms with Crippen molar-refractivity contribution >= 4 is 18.3 Å². The first-order valence-electron chi connectivity index (χ1n) is 11.8. The molecule has 0 radical (unpaired) electrons. The summed E-state index contributed by atoms with van der Waals surface area (Å²) in [4.78, 5) is 38.4. The normalized spacial score (nSPS) is 18.8. The van der Waals surface area contributed by atoms with Crippen LogP contribution in [-0.4, -0.2) is 46.9 Å². The highest BCUT2D eigenvalue weighted by atomic mass is 16.6. The number of carbonyl (C=O) groups is 3. The second-order valence-corrected chi connectivity index (χ2v) is 9.72. The average molecular weight is 467 g/mol. The Morgan fingerprint density at radius 3 is 2.32 bits per heavy atom. The average Bonchev–Trinajstić information content (AvgIpc) is 3.21. The molecule has 1 aliphatic heterocycles. The lowest BCUT2D eigenvalue weighted by molar-refractivity contribution is -0.162. The Kier molecular flexibility index (Phi) is 8.31. The maximum absolute atomic E-state index is 12.6. The SMILES string of the molecule is CC(CCC1CCC(C(=O)OC(C)(C)C)N1C=O)NC(=O)c1ccc(Oc2ccccc2)cc1. The molecule has 0 bridgehead atoms. The summed E-state index contributed by atoms with van der Waals surface area (Å²) in [6.45, 7) is 7.39. The number of hydrogen-bond acceptors (Lipinski definition) is 5. The van der Waals surface area contributed by atoms with E-state index in [2.05, 4.69) is 5.32 Å². The van der Waals surface area contributed by atoms with Crippen LogP contribution in [0.2, 0.25) is 0 Å². The van der Waals surface area contributed by atoms with Crippen LogP contribution in [-0.2, 0) is 14.3 Å². The van der Waals surface area contributed by atoms with Gasteiger partial charge in [0.25, 0.3) is 5.91 Å². The molecule has 2 aromatic carbocycles. The maximum Gasteiger partial charge on any atom is 0.329 e. The van der Waals surface area contributed by atoms with Gasteiger partial charge in [0.05, 0.1) is 0 Å². The summed E-state index contributed by atoms with van der Waals surface area (Å²) in [6.07, 6.45) is 3.47. The fourth-order valence-corrected chi connectivity index (χ4v) is 4.09. The first-order chi connectivity index (χ1) is 16.2. The highest BCUT2D eigenvalue weighted by Crippen LogP contribution is 2.28. The molecule has 1 saturated heterocycles. The lowest BCUT2D eigenvalue weighted by Crippen LogP contribution is -2.43. The Labute approximate surface area is 201 Å². The Morgan fingerprint density at radius 1 is 1.06 bits per heavy atom. The predicted molar refractivity (Wildman–Crippen MR) is 130 cm³/mol. The van der Waals surface area contributed by atoms with Crippen LogP contribution < -0.4 is 10.1 Å². The van der Waals surface area contributed by atoms with Gasteiger partial charge in [-0.25, -0.2) is 4.79 Å². The third-order valence-corrected chi connectivity index (χ3v) is 5.76. The number of amides is 2. The number of likely N-dealkylation sites (tertiary alicyclic amines) is 1. The molecule has 2 aromatic rings. The minimum absolute atomic E-state index is 0.0382. The van der Waals surface area contributed by atoms with Crippen LogP contribution >= 0.6 is 0 Å². The van der Waals surface area contributed by atoms with Crippen LogP contribution in [0.3, 0.4) is 0 Å². The van der Waals surface area contributed by atoms with Gasteiger partial charge in [-0.3, -0.25) is 9.59 Å². The van der Waals surface area contributed by atoms with Crippen molar-refractivity contribution in [2.45, 2.75) is 77.1 Å². The second-order valence-electron chi connectivity index (χ2n) is 9.72. The summed E-state index contributed by atoms with van der Waals surface area (Å²) >= 11 is 0. The van der Waals surface area contributed by atoms with Crippen molar-refractivity contribution in [3.63, 3.8) is 0 Å². The van der Waals surface area contributed by atoms with Crippen LogP contribution in [0.4, 0.5) is 0 Å². The van der Waals surface area contributed by atoms with Crippen molar-refractivity contribution in [1.82, 2.24) is 10.2 Å². The molecule has 1 fully saturated rings. The number of carbonyl (C=O) groups excluding carboxylic acids is 3. The summed E-state index contributed by atoms with van der Waals surface area (Å²) in [6, 6.07) is 15.8. The van der Waals surface area contributed by atoms with Crippen LogP contribution in [0, 0.1) is 0 Å². The van der Waals surface area contributed by atoms with E-state index in [9.17, 15) is 14.4 Å². The van der Waals surface area contributed by atoms with Crippen LogP contribution in [0.15, 0.2) is 54.6 Å². The summed E-state index contributed by atoms with van der Waals surface area (Å²) < 4.78 is 11.2. The van der Waals surface area contributed by atoms with Crippen molar-refractivity contribution in [3.05, 3.63) is 60.2 Å². The minimum Gasteiger partial charge on any atom is -0.458 e. The molecule has 0 saturated carbocycles. The molecule has 0 aliphatic carbocycles. The number of esters is 1. The number of hydrogen-bond donors (Lipinski definition) is 1. The number of para-hydroxylation sites is 1. The second kappa shape index (κ2) is 11.2. The van der Waals surface area contributed by atoms with E-state index in [1.165, 1.54) is 0 Å². The molecular formula is C27H34N2O5. The summed E-state index contributed by atoms with van der Waals surface area (Å²) in [5.41, 5.74) is -0.0402. The van der Waals surface area contributed by atoms with Gasteiger partial charge in [-0.05, 0) is 89.8 Å². The third-order valence-electron chi connectivity index (χ3n) is 5.76. The van der Waals surface area contributed by atoms with Gasteiger partial charge in [0.15, 0.2) is 0 Å². The van der Waals surface area contributed by atoms with Gasteiger partial charge in [-0.1, -0.05) is 18.2 Å². The zero-order valence-corrected chi connectivity index (χ0v) is 20.3. The topological polar surface area (TPSA) is 84.9 Å². The van der Waals surface area contributed by atoms with E-state index in [0.29, 0.717) is 30.6 Å². The number of nitrogens with zero attached hydrogens (tertiary/aromatic N) is 1. The molecule has 182 valence electrons. The van der Waals surface area contributed by atoms with Gasteiger partial charge < -0.3 is 19.7 Å². The maximum atomic E-state index is 12.6. The predicted octanol–water partition coefficient (Wildman–Crippen LogP) is 4.71.